The third-order valence-corrected chi connectivity index (χ3v) is 3.66. The van der Waals surface area contributed by atoms with Crippen LogP contribution in [0.3, 0.4) is 0 Å². The van der Waals surface area contributed by atoms with Crippen LogP contribution in [0.2, 0.25) is 0 Å². The minimum Gasteiger partial charge on any atom is -0.356 e. The van der Waals surface area contributed by atoms with Crippen LogP contribution in [0.5, 0.6) is 0 Å². The fraction of sp³-hybridized carbons (Fsp3) is 0.727. The molecule has 170 valence electrons. The van der Waals surface area contributed by atoms with Gasteiger partial charge in [-0.2, -0.15) is 0 Å². The molecule has 0 atom stereocenters. The summed E-state index contributed by atoms with van der Waals surface area (Å²) in [4.78, 5) is 1.88. The molecule has 1 aliphatic heterocycles. The Balaban J connectivity index is -0.0000000232. The molecule has 3 nitrogen and oxygen atoms in total. The van der Waals surface area contributed by atoms with Crippen LogP contribution in [0.15, 0.2) is 30.3 Å². The molecular formula is C22H59NO2S. The summed E-state index contributed by atoms with van der Waals surface area (Å²) in [7, 11) is -2.82. The van der Waals surface area contributed by atoms with Gasteiger partial charge in [0.05, 0.1) is 5.75 Å². The average molecular weight is 402 g/mol. The summed E-state index contributed by atoms with van der Waals surface area (Å²) in [6.07, 6.45) is 0. The molecule has 0 saturated carbocycles. The van der Waals surface area contributed by atoms with Gasteiger partial charge in [0, 0.05) is 12.2 Å². The molecule has 2 rings (SSSR count). The lowest BCUT2D eigenvalue weighted by molar-refractivity contribution is 0.602. The topological polar surface area (TPSA) is 37.4 Å². The van der Waals surface area contributed by atoms with Crippen LogP contribution >= 0.6 is 0 Å². The summed E-state index contributed by atoms with van der Waals surface area (Å²) in [6.45, 7) is 8.62. The molecular weight excluding hydrogens is 342 g/mol. The van der Waals surface area contributed by atoms with Crippen molar-refractivity contribution in [3.8, 4) is 0 Å². The third-order valence-electron chi connectivity index (χ3n) is 2.15. The van der Waals surface area contributed by atoms with E-state index >= 15 is 0 Å². The average Bonchev–Trinajstić information content (AvgIpc) is 2.76. The number of hydrogen-bond donors (Lipinski definition) is 0. The van der Waals surface area contributed by atoms with Gasteiger partial charge in [-0.25, -0.2) is 8.42 Å². The first-order chi connectivity index (χ1) is 8.17. The molecule has 1 aliphatic rings. The molecule has 0 amide bonds. The van der Waals surface area contributed by atoms with Gasteiger partial charge in [-0.1, -0.05) is 113 Å². The van der Waals surface area contributed by atoms with Crippen LogP contribution in [0, 0.1) is 0 Å². The van der Waals surface area contributed by atoms with Crippen molar-refractivity contribution in [2.75, 3.05) is 23.1 Å². The molecule has 1 saturated heterocycles. The smallest absolute Gasteiger partial charge is 0.170 e. The Bertz CT molecular complexity index is 390. The van der Waals surface area contributed by atoms with E-state index in [0.29, 0.717) is 6.54 Å². The first kappa shape index (κ1) is 64.0. The summed E-state index contributed by atoms with van der Waals surface area (Å²) in [5, 5.41) is 0. The minimum absolute atomic E-state index is 0. The van der Waals surface area contributed by atoms with Gasteiger partial charge in [0.1, 0.15) is 5.88 Å². The standard InChI is InChI=1S/C9H11NO2S.2C2H6.9CH4/c11-13(12)7-6-10(8-13)9-4-2-1-3-5-9;2*1-2;;;;;;;;;/h1-5H,6-8H2;2*1-2H3;9*1H4. The highest BCUT2D eigenvalue weighted by Crippen LogP contribution is 2.18. The number of para-hydroxylation sites is 1. The summed E-state index contributed by atoms with van der Waals surface area (Å²) in [5.74, 6) is 0.443. The van der Waals surface area contributed by atoms with E-state index in [1.165, 1.54) is 0 Å². The quantitative estimate of drug-likeness (QED) is 0.472. The van der Waals surface area contributed by atoms with Crippen LogP contribution in [0.4, 0.5) is 5.69 Å². The van der Waals surface area contributed by atoms with E-state index in [4.69, 9.17) is 0 Å². The van der Waals surface area contributed by atoms with Crippen LogP contribution in [-0.4, -0.2) is 26.6 Å². The Labute approximate surface area is 172 Å². The van der Waals surface area contributed by atoms with Gasteiger partial charge in [0.2, 0.25) is 0 Å². The molecule has 0 bridgehead atoms. The Morgan fingerprint density at radius 3 is 1.31 bits per heavy atom. The lowest BCUT2D eigenvalue weighted by atomic mass is 10.3. The second-order valence-electron chi connectivity index (χ2n) is 3.18. The second kappa shape index (κ2) is 35.1. The number of sulfone groups is 1. The number of rotatable bonds is 1. The van der Waals surface area contributed by atoms with Crippen LogP contribution in [0.25, 0.3) is 0 Å². The molecule has 1 heterocycles. The molecule has 0 spiro atoms. The highest BCUT2D eigenvalue weighted by molar-refractivity contribution is 7.91. The summed E-state index contributed by atoms with van der Waals surface area (Å²) >= 11 is 0. The molecule has 4 heteroatoms. The van der Waals surface area contributed by atoms with Crippen molar-refractivity contribution in [2.24, 2.45) is 0 Å². The summed E-state index contributed by atoms with van der Waals surface area (Å²) in [6, 6.07) is 9.62. The second-order valence-corrected chi connectivity index (χ2v) is 5.33. The van der Waals surface area contributed by atoms with E-state index in [9.17, 15) is 8.42 Å². The van der Waals surface area contributed by atoms with Crippen LogP contribution < -0.4 is 4.90 Å². The Morgan fingerprint density at radius 2 is 1.04 bits per heavy atom. The fourth-order valence-corrected chi connectivity index (χ4v) is 2.84. The van der Waals surface area contributed by atoms with Gasteiger partial charge in [0.25, 0.3) is 0 Å². The number of benzene rings is 1. The molecule has 1 aromatic rings. The molecule has 0 radical (unpaired) electrons. The van der Waals surface area contributed by atoms with Crippen LogP contribution in [0.1, 0.15) is 94.5 Å². The van der Waals surface area contributed by atoms with Gasteiger partial charge in [-0.3, -0.25) is 0 Å². The summed E-state index contributed by atoms with van der Waals surface area (Å²) in [5.41, 5.74) is 0.989. The molecule has 0 aromatic heterocycles. The maximum atomic E-state index is 11.2. The van der Waals surface area contributed by atoms with E-state index in [2.05, 4.69) is 0 Å². The van der Waals surface area contributed by atoms with Crippen LogP contribution in [-0.2, 0) is 9.84 Å². The fourth-order valence-electron chi connectivity index (χ4n) is 1.46. The monoisotopic (exact) mass is 401 g/mol. The van der Waals surface area contributed by atoms with E-state index in [0.717, 1.165) is 5.69 Å². The SMILES string of the molecule is C.C.C.C.C.C.C.C.C.CC.CC.O=S1(=O)CCN(c2ccccc2)C1. The van der Waals surface area contributed by atoms with Gasteiger partial charge in [-0.05, 0) is 12.1 Å². The Kier molecular flexibility index (Phi) is 86.5. The van der Waals surface area contributed by atoms with E-state index in [1.807, 2.05) is 62.9 Å². The third kappa shape index (κ3) is 23.0. The van der Waals surface area contributed by atoms with Crippen molar-refractivity contribution in [2.45, 2.75) is 94.5 Å². The predicted molar refractivity (Wildman–Crippen MR) is 136 cm³/mol. The molecule has 0 aliphatic carbocycles. The van der Waals surface area contributed by atoms with Gasteiger partial charge in [-0.15, -0.1) is 0 Å². The highest BCUT2D eigenvalue weighted by atomic mass is 32.2. The largest absolute Gasteiger partial charge is 0.356 e. The van der Waals surface area contributed by atoms with Gasteiger partial charge < -0.3 is 4.90 Å². The zero-order chi connectivity index (χ0) is 13.3. The van der Waals surface area contributed by atoms with Gasteiger partial charge in [0.15, 0.2) is 9.84 Å². The van der Waals surface area contributed by atoms with Crippen molar-refractivity contribution in [1.82, 2.24) is 0 Å². The molecule has 0 unspecified atom stereocenters. The lowest BCUT2D eigenvalue weighted by Crippen LogP contribution is -2.19. The van der Waals surface area contributed by atoms with E-state index in [1.54, 1.807) is 0 Å². The van der Waals surface area contributed by atoms with Crippen molar-refractivity contribution in [3.63, 3.8) is 0 Å². The van der Waals surface area contributed by atoms with E-state index in [-0.39, 0.29) is 78.5 Å². The minimum atomic E-state index is -2.82. The number of nitrogens with zero attached hydrogens (tertiary/aromatic N) is 1. The van der Waals surface area contributed by atoms with Crippen molar-refractivity contribution in [1.29, 1.82) is 0 Å². The zero-order valence-electron chi connectivity index (χ0n) is 11.2. The van der Waals surface area contributed by atoms with E-state index < -0.39 is 9.84 Å². The van der Waals surface area contributed by atoms with Crippen molar-refractivity contribution in [3.05, 3.63) is 30.3 Å². The lowest BCUT2D eigenvalue weighted by Gasteiger charge is -2.14. The number of hydrogen-bond acceptors (Lipinski definition) is 3. The molecule has 26 heavy (non-hydrogen) atoms. The van der Waals surface area contributed by atoms with Crippen molar-refractivity contribution >= 4 is 15.5 Å². The first-order valence-electron chi connectivity index (χ1n) is 6.18. The van der Waals surface area contributed by atoms with Gasteiger partial charge >= 0.3 is 0 Å². The molecule has 0 N–H and O–H groups in total. The Morgan fingerprint density at radius 1 is 0.692 bits per heavy atom. The van der Waals surface area contributed by atoms with Crippen molar-refractivity contribution < 1.29 is 8.42 Å². The first-order valence-corrected chi connectivity index (χ1v) is 8.00. The zero-order valence-corrected chi connectivity index (χ0v) is 12.0. The Hall–Kier alpha value is -1.03. The number of anilines is 1. The highest BCUT2D eigenvalue weighted by Gasteiger charge is 2.25. The maximum Gasteiger partial charge on any atom is 0.170 e. The predicted octanol–water partition coefficient (Wildman–Crippen LogP) is 8.66. The molecule has 1 fully saturated rings. The summed E-state index contributed by atoms with van der Waals surface area (Å²) < 4.78 is 22.3. The molecule has 1 aromatic carbocycles. The maximum absolute atomic E-state index is 11.2. The normalized spacial score (nSPS) is 10.7.